The predicted molar refractivity (Wildman–Crippen MR) is 105 cm³/mol. The number of hydrogen-bond acceptors (Lipinski definition) is 2. The first-order chi connectivity index (χ1) is 13.6. The summed E-state index contributed by atoms with van der Waals surface area (Å²) in [6, 6.07) is 10.5. The lowest BCUT2D eigenvalue weighted by atomic mass is 10.2. The molecule has 10 heteroatoms. The molecule has 1 aromatic heterocycles. The van der Waals surface area contributed by atoms with Crippen LogP contribution in [0, 0.1) is 6.92 Å². The number of alkyl halides is 3. The molecule has 0 aliphatic carbocycles. The van der Waals surface area contributed by atoms with E-state index in [9.17, 15) is 22.8 Å². The van der Waals surface area contributed by atoms with Crippen molar-refractivity contribution in [2.45, 2.75) is 13.1 Å². The zero-order valence-electron chi connectivity index (χ0n) is 15.3. The van der Waals surface area contributed by atoms with Crippen LogP contribution in [0.2, 0.25) is 5.02 Å². The highest BCUT2D eigenvalue weighted by Gasteiger charge is 2.31. The van der Waals surface area contributed by atoms with Crippen molar-refractivity contribution in [1.29, 1.82) is 0 Å². The number of anilines is 2. The molecule has 0 fully saturated rings. The maximum Gasteiger partial charge on any atom is 0.416 e. The van der Waals surface area contributed by atoms with Crippen LogP contribution in [-0.4, -0.2) is 15.4 Å². The van der Waals surface area contributed by atoms with Gasteiger partial charge in [0.05, 0.1) is 27.7 Å². The van der Waals surface area contributed by atoms with Crippen LogP contribution in [0.15, 0.2) is 53.3 Å². The van der Waals surface area contributed by atoms with Gasteiger partial charge in [-0.15, -0.1) is 0 Å². The molecule has 3 rings (SSSR count). The molecule has 3 aromatic rings. The predicted octanol–water partition coefficient (Wildman–Crippen LogP) is 4.80. The van der Waals surface area contributed by atoms with Gasteiger partial charge < -0.3 is 10.6 Å². The lowest BCUT2D eigenvalue weighted by Crippen LogP contribution is -2.25. The van der Waals surface area contributed by atoms with E-state index in [1.165, 1.54) is 4.68 Å². The van der Waals surface area contributed by atoms with Gasteiger partial charge in [0, 0.05) is 7.05 Å². The van der Waals surface area contributed by atoms with Gasteiger partial charge in [-0.1, -0.05) is 29.8 Å². The van der Waals surface area contributed by atoms with E-state index < -0.39 is 23.3 Å². The van der Waals surface area contributed by atoms with Gasteiger partial charge >= 0.3 is 12.2 Å². The van der Waals surface area contributed by atoms with Crippen LogP contribution in [0.3, 0.4) is 0 Å². The number of aromatic nitrogens is 2. The summed E-state index contributed by atoms with van der Waals surface area (Å²) in [4.78, 5) is 25.1. The molecule has 0 saturated carbocycles. The number of hydrogen-bond donors (Lipinski definition) is 2. The quantitative estimate of drug-likeness (QED) is 0.634. The highest BCUT2D eigenvalue weighted by atomic mass is 35.5. The summed E-state index contributed by atoms with van der Waals surface area (Å²) in [6.07, 6.45) is -4.59. The second kappa shape index (κ2) is 7.67. The SMILES string of the molecule is Cc1c(NC(=O)Nc2cc(C(F)(F)F)ccc2Cl)c(=O)n(-c2ccccc2)n1C. The smallest absolute Gasteiger partial charge is 0.306 e. The first-order valence-corrected chi connectivity index (χ1v) is 8.76. The molecular weight excluding hydrogens is 409 g/mol. The first-order valence-electron chi connectivity index (χ1n) is 8.38. The van der Waals surface area contributed by atoms with Crippen molar-refractivity contribution in [3.63, 3.8) is 0 Å². The highest BCUT2D eigenvalue weighted by molar-refractivity contribution is 6.33. The minimum Gasteiger partial charge on any atom is -0.306 e. The van der Waals surface area contributed by atoms with E-state index in [2.05, 4.69) is 10.6 Å². The largest absolute Gasteiger partial charge is 0.416 e. The Morgan fingerprint density at radius 3 is 2.34 bits per heavy atom. The number of amides is 2. The number of nitrogens with one attached hydrogen (secondary N) is 2. The molecule has 0 atom stereocenters. The van der Waals surface area contributed by atoms with Gasteiger partial charge in [-0.25, -0.2) is 9.48 Å². The minimum absolute atomic E-state index is 0.00282. The molecule has 0 unspecified atom stereocenters. The summed E-state index contributed by atoms with van der Waals surface area (Å²) in [6.45, 7) is 1.63. The Kier molecular flexibility index (Phi) is 5.43. The Bertz CT molecular complexity index is 1120. The van der Waals surface area contributed by atoms with Gasteiger partial charge in [0.15, 0.2) is 0 Å². The topological polar surface area (TPSA) is 68.1 Å². The van der Waals surface area contributed by atoms with Crippen LogP contribution >= 0.6 is 11.6 Å². The molecule has 29 heavy (non-hydrogen) atoms. The van der Waals surface area contributed by atoms with E-state index in [4.69, 9.17) is 11.6 Å². The van der Waals surface area contributed by atoms with Crippen LogP contribution < -0.4 is 16.2 Å². The fraction of sp³-hybridized carbons (Fsp3) is 0.158. The van der Waals surface area contributed by atoms with E-state index in [1.807, 2.05) is 0 Å². The Morgan fingerprint density at radius 2 is 1.72 bits per heavy atom. The summed E-state index contributed by atoms with van der Waals surface area (Å²) in [7, 11) is 1.65. The van der Waals surface area contributed by atoms with E-state index in [-0.39, 0.29) is 16.4 Å². The number of carbonyl (C=O) groups excluding carboxylic acids is 1. The summed E-state index contributed by atoms with van der Waals surface area (Å²) in [5.74, 6) is 0. The summed E-state index contributed by atoms with van der Waals surface area (Å²) in [5.41, 5.74) is -0.615. The lowest BCUT2D eigenvalue weighted by Gasteiger charge is -2.12. The van der Waals surface area contributed by atoms with Crippen LogP contribution in [0.5, 0.6) is 0 Å². The van der Waals surface area contributed by atoms with E-state index in [0.717, 1.165) is 18.2 Å². The first kappa shape index (κ1) is 20.5. The number of carbonyl (C=O) groups is 1. The molecule has 0 aliphatic heterocycles. The van der Waals surface area contributed by atoms with E-state index in [1.54, 1.807) is 49.0 Å². The Hall–Kier alpha value is -3.20. The lowest BCUT2D eigenvalue weighted by molar-refractivity contribution is -0.137. The molecule has 0 aliphatic rings. The Morgan fingerprint density at radius 1 is 1.07 bits per heavy atom. The average Bonchev–Trinajstić information content (AvgIpc) is 2.86. The summed E-state index contributed by atoms with van der Waals surface area (Å²) >= 11 is 5.89. The van der Waals surface area contributed by atoms with Crippen molar-refractivity contribution in [3.05, 3.63) is 75.2 Å². The standard InChI is InChI=1S/C19H16ClF3N4O2/c1-11-16(17(28)27(26(11)2)13-6-4-3-5-7-13)25-18(29)24-15-10-12(19(21,22)23)8-9-14(15)20/h3-10H,1-2H3,(H2,24,25,29). The second-order valence-corrected chi connectivity index (χ2v) is 6.62. The molecule has 0 bridgehead atoms. The van der Waals surface area contributed by atoms with Gasteiger partial charge in [0.25, 0.3) is 5.56 Å². The second-order valence-electron chi connectivity index (χ2n) is 6.21. The molecule has 0 saturated heterocycles. The molecule has 6 nitrogen and oxygen atoms in total. The molecule has 0 radical (unpaired) electrons. The zero-order chi connectivity index (χ0) is 21.3. The van der Waals surface area contributed by atoms with Crippen LogP contribution in [0.25, 0.3) is 5.69 Å². The Balaban J connectivity index is 1.89. The van der Waals surface area contributed by atoms with Crippen LogP contribution in [0.1, 0.15) is 11.3 Å². The van der Waals surface area contributed by atoms with Gasteiger partial charge in [0.2, 0.25) is 0 Å². The molecular formula is C19H16ClF3N4O2. The van der Waals surface area contributed by atoms with Crippen molar-refractivity contribution in [3.8, 4) is 5.69 Å². The van der Waals surface area contributed by atoms with Gasteiger partial charge in [-0.05, 0) is 37.3 Å². The van der Waals surface area contributed by atoms with E-state index >= 15 is 0 Å². The van der Waals surface area contributed by atoms with Crippen LogP contribution in [0.4, 0.5) is 29.3 Å². The van der Waals surface area contributed by atoms with Crippen LogP contribution in [-0.2, 0) is 13.2 Å². The molecule has 1 heterocycles. The van der Waals surface area contributed by atoms with Gasteiger partial charge in [-0.2, -0.15) is 13.2 Å². The molecule has 0 spiro atoms. The zero-order valence-corrected chi connectivity index (χ0v) is 16.1. The number of rotatable bonds is 3. The normalized spacial score (nSPS) is 11.4. The van der Waals surface area contributed by atoms with Gasteiger partial charge in [0.1, 0.15) is 5.69 Å². The van der Waals surface area contributed by atoms with Crippen molar-refractivity contribution in [2.75, 3.05) is 10.6 Å². The fourth-order valence-corrected chi connectivity index (χ4v) is 2.94. The fourth-order valence-electron chi connectivity index (χ4n) is 2.78. The van der Waals surface area contributed by atoms with Crippen molar-refractivity contribution >= 4 is 29.0 Å². The highest BCUT2D eigenvalue weighted by Crippen LogP contribution is 2.33. The monoisotopic (exact) mass is 424 g/mol. The number of urea groups is 1. The molecule has 2 amide bonds. The minimum atomic E-state index is -4.59. The molecule has 2 N–H and O–H groups in total. The molecule has 2 aromatic carbocycles. The Labute approximate surface area is 168 Å². The number of benzene rings is 2. The number of halogens is 4. The van der Waals surface area contributed by atoms with E-state index in [0.29, 0.717) is 11.4 Å². The van der Waals surface area contributed by atoms with Crippen molar-refractivity contribution < 1.29 is 18.0 Å². The third-order valence-corrected chi connectivity index (χ3v) is 4.66. The average molecular weight is 425 g/mol. The third-order valence-electron chi connectivity index (χ3n) is 4.33. The van der Waals surface area contributed by atoms with Crippen molar-refractivity contribution in [2.24, 2.45) is 7.05 Å². The van der Waals surface area contributed by atoms with Gasteiger partial charge in [-0.3, -0.25) is 9.48 Å². The summed E-state index contributed by atoms with van der Waals surface area (Å²) < 4.78 is 41.6. The maximum atomic E-state index is 12.9. The molecule has 152 valence electrons. The number of nitrogens with zero attached hydrogens (tertiary/aromatic N) is 2. The van der Waals surface area contributed by atoms with Crippen molar-refractivity contribution in [1.82, 2.24) is 9.36 Å². The summed E-state index contributed by atoms with van der Waals surface area (Å²) in [5, 5.41) is 4.58. The number of para-hydroxylation sites is 1. The maximum absolute atomic E-state index is 12.9. The third kappa shape index (κ3) is 4.14.